The number of nitrogens with one attached hydrogen (secondary N) is 1. The fourth-order valence-electron chi connectivity index (χ4n) is 1.03. The summed E-state index contributed by atoms with van der Waals surface area (Å²) in [7, 11) is 0. The highest BCUT2D eigenvalue weighted by atomic mass is 19.4. The van der Waals surface area contributed by atoms with E-state index in [0.717, 1.165) is 6.20 Å². The normalized spacial score (nSPS) is 11.2. The van der Waals surface area contributed by atoms with E-state index in [4.69, 9.17) is 0 Å². The van der Waals surface area contributed by atoms with Crippen LogP contribution in [-0.4, -0.2) is 19.9 Å². The number of nitrogens with zero attached hydrogens (tertiary/aromatic N) is 4. The van der Waals surface area contributed by atoms with Crippen molar-refractivity contribution in [3.63, 3.8) is 0 Å². The molecule has 88 valence electrons. The van der Waals surface area contributed by atoms with E-state index in [9.17, 15) is 13.2 Å². The Bertz CT molecular complexity index is 482. The molecule has 5 nitrogen and oxygen atoms in total. The van der Waals surface area contributed by atoms with E-state index in [2.05, 4.69) is 25.3 Å². The summed E-state index contributed by atoms with van der Waals surface area (Å²) < 4.78 is 36.6. The maximum absolute atomic E-state index is 12.2. The van der Waals surface area contributed by atoms with Crippen molar-refractivity contribution >= 4 is 11.6 Å². The van der Waals surface area contributed by atoms with Gasteiger partial charge in [-0.05, 0) is 0 Å². The molecular weight excluding hydrogens is 235 g/mol. The zero-order chi connectivity index (χ0) is 12.3. The van der Waals surface area contributed by atoms with Crippen LogP contribution in [0.5, 0.6) is 0 Å². The van der Waals surface area contributed by atoms with E-state index in [0.29, 0.717) is 12.0 Å². The van der Waals surface area contributed by atoms with Gasteiger partial charge in [0.15, 0.2) is 5.69 Å². The van der Waals surface area contributed by atoms with Crippen molar-refractivity contribution in [3.8, 4) is 0 Å². The molecule has 1 N–H and O–H groups in total. The predicted octanol–water partition coefficient (Wildman–Crippen LogP) is 2.03. The molecule has 0 saturated carbocycles. The standard InChI is InChI=1S/C9H6F3N5/c10-9(11,12)6-3-16-8(5-15-6)17-7-4-13-1-2-14-7/h1-5H,(H,14,16,17). The van der Waals surface area contributed by atoms with Crippen molar-refractivity contribution in [2.45, 2.75) is 6.18 Å². The third-order valence-electron chi connectivity index (χ3n) is 1.76. The molecule has 8 heteroatoms. The summed E-state index contributed by atoms with van der Waals surface area (Å²) in [6.07, 6.45) is 1.48. The number of hydrogen-bond donors (Lipinski definition) is 1. The first-order valence-corrected chi connectivity index (χ1v) is 4.48. The molecule has 0 atom stereocenters. The van der Waals surface area contributed by atoms with Gasteiger partial charge in [0.05, 0.1) is 18.6 Å². The van der Waals surface area contributed by atoms with Gasteiger partial charge in [0, 0.05) is 12.4 Å². The van der Waals surface area contributed by atoms with Gasteiger partial charge in [-0.25, -0.2) is 15.0 Å². The van der Waals surface area contributed by atoms with Gasteiger partial charge in [0.1, 0.15) is 11.6 Å². The predicted molar refractivity (Wildman–Crippen MR) is 52.3 cm³/mol. The zero-order valence-electron chi connectivity index (χ0n) is 8.31. The van der Waals surface area contributed by atoms with Gasteiger partial charge in [-0.15, -0.1) is 0 Å². The minimum absolute atomic E-state index is 0.165. The van der Waals surface area contributed by atoms with Crippen LogP contribution < -0.4 is 5.32 Å². The molecule has 0 aliphatic carbocycles. The van der Waals surface area contributed by atoms with E-state index in [-0.39, 0.29) is 5.82 Å². The maximum Gasteiger partial charge on any atom is 0.434 e. The third kappa shape index (κ3) is 2.86. The number of halogens is 3. The Kier molecular flexibility index (Phi) is 2.86. The first kappa shape index (κ1) is 11.2. The van der Waals surface area contributed by atoms with Crippen molar-refractivity contribution in [1.29, 1.82) is 0 Å². The van der Waals surface area contributed by atoms with Crippen LogP contribution in [0.3, 0.4) is 0 Å². The summed E-state index contributed by atoms with van der Waals surface area (Å²) in [4.78, 5) is 14.5. The van der Waals surface area contributed by atoms with E-state index < -0.39 is 11.9 Å². The Labute approximate surface area is 93.8 Å². The Morgan fingerprint density at radius 1 is 0.882 bits per heavy atom. The van der Waals surface area contributed by atoms with E-state index >= 15 is 0 Å². The lowest BCUT2D eigenvalue weighted by Crippen LogP contribution is -2.09. The molecule has 0 aliphatic rings. The molecule has 0 amide bonds. The highest BCUT2D eigenvalue weighted by Gasteiger charge is 2.32. The summed E-state index contributed by atoms with van der Waals surface area (Å²) in [5.41, 5.74) is -1.04. The van der Waals surface area contributed by atoms with Crippen LogP contribution in [-0.2, 0) is 6.18 Å². The molecule has 2 aromatic heterocycles. The van der Waals surface area contributed by atoms with Gasteiger partial charge < -0.3 is 5.32 Å². The van der Waals surface area contributed by atoms with Crippen LogP contribution in [0.15, 0.2) is 31.0 Å². The largest absolute Gasteiger partial charge is 0.434 e. The Morgan fingerprint density at radius 3 is 2.18 bits per heavy atom. The van der Waals surface area contributed by atoms with Crippen molar-refractivity contribution in [2.75, 3.05) is 5.32 Å². The number of anilines is 2. The first-order chi connectivity index (χ1) is 8.05. The van der Waals surface area contributed by atoms with Crippen molar-refractivity contribution in [1.82, 2.24) is 19.9 Å². The molecule has 0 saturated heterocycles. The van der Waals surface area contributed by atoms with E-state index in [1.807, 2.05) is 0 Å². The molecule has 2 rings (SSSR count). The molecule has 0 fully saturated rings. The third-order valence-corrected chi connectivity index (χ3v) is 1.76. The monoisotopic (exact) mass is 241 g/mol. The van der Waals surface area contributed by atoms with Crippen LogP contribution in [0.4, 0.5) is 24.8 Å². The van der Waals surface area contributed by atoms with Gasteiger partial charge in [0.25, 0.3) is 0 Å². The molecule has 2 aromatic rings. The quantitative estimate of drug-likeness (QED) is 0.871. The summed E-state index contributed by atoms with van der Waals surface area (Å²) in [5.74, 6) is 0.542. The minimum Gasteiger partial charge on any atom is -0.322 e. The van der Waals surface area contributed by atoms with Crippen molar-refractivity contribution in [3.05, 3.63) is 36.7 Å². The summed E-state index contributed by atoms with van der Waals surface area (Å²) in [5, 5.41) is 2.67. The summed E-state index contributed by atoms with van der Waals surface area (Å²) >= 11 is 0. The lowest BCUT2D eigenvalue weighted by molar-refractivity contribution is -0.141. The molecule has 0 radical (unpaired) electrons. The lowest BCUT2D eigenvalue weighted by Gasteiger charge is -2.06. The van der Waals surface area contributed by atoms with Gasteiger partial charge in [-0.1, -0.05) is 0 Å². The molecule has 0 spiro atoms. The number of hydrogen-bond acceptors (Lipinski definition) is 5. The maximum atomic E-state index is 12.2. The molecule has 17 heavy (non-hydrogen) atoms. The summed E-state index contributed by atoms with van der Waals surface area (Å²) in [6.45, 7) is 0. The topological polar surface area (TPSA) is 63.6 Å². The molecular formula is C9H6F3N5. The highest BCUT2D eigenvalue weighted by molar-refractivity contribution is 5.48. The average molecular weight is 241 g/mol. The van der Waals surface area contributed by atoms with Crippen molar-refractivity contribution < 1.29 is 13.2 Å². The second kappa shape index (κ2) is 4.32. The number of alkyl halides is 3. The van der Waals surface area contributed by atoms with Crippen LogP contribution in [0.25, 0.3) is 0 Å². The SMILES string of the molecule is FC(F)(F)c1cnc(Nc2cnccn2)cn1. The Hall–Kier alpha value is -2.25. The average Bonchev–Trinajstić information content (AvgIpc) is 2.30. The van der Waals surface area contributed by atoms with Crippen molar-refractivity contribution in [2.24, 2.45) is 0 Å². The summed E-state index contributed by atoms with van der Waals surface area (Å²) in [6, 6.07) is 0. The molecule has 0 unspecified atom stereocenters. The second-order valence-corrected chi connectivity index (χ2v) is 3.00. The molecule has 0 aliphatic heterocycles. The van der Waals surface area contributed by atoms with Gasteiger partial charge in [0.2, 0.25) is 0 Å². The van der Waals surface area contributed by atoms with Crippen LogP contribution in [0, 0.1) is 0 Å². The van der Waals surface area contributed by atoms with Gasteiger partial charge in [-0.2, -0.15) is 13.2 Å². The molecule has 0 bridgehead atoms. The Balaban J connectivity index is 2.14. The smallest absolute Gasteiger partial charge is 0.322 e. The fourth-order valence-corrected chi connectivity index (χ4v) is 1.03. The van der Waals surface area contributed by atoms with Gasteiger partial charge >= 0.3 is 6.18 Å². The first-order valence-electron chi connectivity index (χ1n) is 4.48. The number of rotatable bonds is 2. The van der Waals surface area contributed by atoms with E-state index in [1.54, 1.807) is 0 Å². The molecule has 0 aromatic carbocycles. The molecule has 2 heterocycles. The van der Waals surface area contributed by atoms with E-state index in [1.165, 1.54) is 18.6 Å². The Morgan fingerprint density at radius 2 is 1.65 bits per heavy atom. The van der Waals surface area contributed by atoms with Crippen LogP contribution >= 0.6 is 0 Å². The minimum atomic E-state index is -4.49. The van der Waals surface area contributed by atoms with Gasteiger partial charge in [-0.3, -0.25) is 4.98 Å². The fraction of sp³-hybridized carbons (Fsp3) is 0.111. The lowest BCUT2D eigenvalue weighted by atomic mass is 10.4. The number of aromatic nitrogens is 4. The highest BCUT2D eigenvalue weighted by Crippen LogP contribution is 2.27. The second-order valence-electron chi connectivity index (χ2n) is 3.00. The van der Waals surface area contributed by atoms with Crippen LogP contribution in [0.1, 0.15) is 5.69 Å². The van der Waals surface area contributed by atoms with Crippen LogP contribution in [0.2, 0.25) is 0 Å². The zero-order valence-corrected chi connectivity index (χ0v) is 8.31.